The van der Waals surface area contributed by atoms with Crippen molar-refractivity contribution in [2.24, 2.45) is 0 Å². The van der Waals surface area contributed by atoms with Crippen molar-refractivity contribution >= 4 is 31.4 Å². The van der Waals surface area contributed by atoms with Crippen LogP contribution in [-0.2, 0) is 26.6 Å². The number of thiophene rings is 1. The van der Waals surface area contributed by atoms with E-state index in [1.54, 1.807) is 25.1 Å². The number of sulfonamides is 2. The summed E-state index contributed by atoms with van der Waals surface area (Å²) in [5.74, 6) is 0. The van der Waals surface area contributed by atoms with Crippen LogP contribution in [0.5, 0.6) is 0 Å². The zero-order valence-corrected chi connectivity index (χ0v) is 15.4. The van der Waals surface area contributed by atoms with Crippen molar-refractivity contribution in [2.45, 2.75) is 30.2 Å². The Bertz CT molecular complexity index is 915. The SMILES string of the molecule is CNS(=O)(=O)c1cccc(CNS(=O)(=O)c2cc(C)sc2C)c1. The Hall–Kier alpha value is -1.26. The van der Waals surface area contributed by atoms with Gasteiger partial charge in [0.05, 0.1) is 9.79 Å². The minimum atomic E-state index is -3.63. The Morgan fingerprint density at radius 2 is 1.74 bits per heavy atom. The van der Waals surface area contributed by atoms with Gasteiger partial charge in [0, 0.05) is 16.3 Å². The highest BCUT2D eigenvalue weighted by Crippen LogP contribution is 2.25. The molecule has 0 fully saturated rings. The molecule has 0 aliphatic carbocycles. The van der Waals surface area contributed by atoms with Gasteiger partial charge in [0.2, 0.25) is 20.0 Å². The average molecular weight is 375 g/mol. The minimum Gasteiger partial charge on any atom is -0.214 e. The number of nitrogens with one attached hydrogen (secondary N) is 2. The lowest BCUT2D eigenvalue weighted by molar-refractivity contribution is 0.581. The summed E-state index contributed by atoms with van der Waals surface area (Å²) >= 11 is 1.42. The van der Waals surface area contributed by atoms with E-state index in [4.69, 9.17) is 0 Å². The Balaban J connectivity index is 2.21. The molecule has 0 aliphatic rings. The number of hydrogen-bond donors (Lipinski definition) is 2. The Kier molecular flexibility index (Phi) is 5.27. The molecule has 1 heterocycles. The zero-order valence-electron chi connectivity index (χ0n) is 13.0. The molecule has 0 bridgehead atoms. The first-order valence-electron chi connectivity index (χ1n) is 6.75. The van der Waals surface area contributed by atoms with Gasteiger partial charge >= 0.3 is 0 Å². The maximum atomic E-state index is 12.3. The molecule has 23 heavy (non-hydrogen) atoms. The second kappa shape index (κ2) is 6.70. The van der Waals surface area contributed by atoms with Crippen molar-refractivity contribution in [1.29, 1.82) is 0 Å². The second-order valence-corrected chi connectivity index (χ2v) is 10.0. The molecule has 0 aliphatic heterocycles. The molecule has 0 saturated carbocycles. The molecule has 0 radical (unpaired) electrons. The lowest BCUT2D eigenvalue weighted by atomic mass is 10.2. The van der Waals surface area contributed by atoms with Crippen molar-refractivity contribution < 1.29 is 16.8 Å². The van der Waals surface area contributed by atoms with Crippen LogP contribution in [0, 0.1) is 13.8 Å². The third-order valence-corrected chi connectivity index (χ3v) is 7.26. The van der Waals surface area contributed by atoms with E-state index in [0.29, 0.717) is 5.56 Å². The molecular weight excluding hydrogens is 356 g/mol. The topological polar surface area (TPSA) is 92.3 Å². The fourth-order valence-electron chi connectivity index (χ4n) is 2.07. The normalized spacial score (nSPS) is 12.5. The quantitative estimate of drug-likeness (QED) is 0.806. The van der Waals surface area contributed by atoms with E-state index in [-0.39, 0.29) is 16.3 Å². The first kappa shape index (κ1) is 18.1. The predicted octanol–water partition coefficient (Wildman–Crippen LogP) is 1.75. The minimum absolute atomic E-state index is 0.0176. The highest BCUT2D eigenvalue weighted by atomic mass is 32.2. The Labute approximate surface area is 140 Å². The van der Waals surface area contributed by atoms with Crippen molar-refractivity contribution in [1.82, 2.24) is 9.44 Å². The van der Waals surface area contributed by atoms with Crippen LogP contribution in [0.25, 0.3) is 0 Å². The number of rotatable bonds is 6. The molecule has 0 spiro atoms. The Morgan fingerprint density at radius 3 is 2.30 bits per heavy atom. The van der Waals surface area contributed by atoms with E-state index >= 15 is 0 Å². The summed E-state index contributed by atoms with van der Waals surface area (Å²) in [7, 11) is -5.86. The first-order chi connectivity index (χ1) is 10.7. The number of aryl methyl sites for hydroxylation is 2. The van der Waals surface area contributed by atoms with E-state index in [1.165, 1.54) is 30.5 Å². The molecule has 2 N–H and O–H groups in total. The second-order valence-electron chi connectivity index (χ2n) is 4.96. The molecule has 0 amide bonds. The van der Waals surface area contributed by atoms with Gasteiger partial charge in [-0.2, -0.15) is 0 Å². The molecule has 0 saturated heterocycles. The summed E-state index contributed by atoms with van der Waals surface area (Å²) in [6.45, 7) is 3.62. The van der Waals surface area contributed by atoms with E-state index in [9.17, 15) is 16.8 Å². The molecule has 9 heteroatoms. The Morgan fingerprint density at radius 1 is 1.04 bits per heavy atom. The largest absolute Gasteiger partial charge is 0.241 e. The maximum Gasteiger partial charge on any atom is 0.241 e. The molecule has 0 atom stereocenters. The van der Waals surface area contributed by atoms with Gasteiger partial charge in [-0.3, -0.25) is 0 Å². The molecule has 1 aromatic heterocycles. The molecular formula is C14H18N2O4S3. The van der Waals surface area contributed by atoms with E-state index in [0.717, 1.165) is 9.75 Å². The molecule has 0 unspecified atom stereocenters. The summed E-state index contributed by atoms with van der Waals surface area (Å²) in [5, 5.41) is 0. The third kappa shape index (κ3) is 4.18. The van der Waals surface area contributed by atoms with Crippen molar-refractivity contribution in [3.63, 3.8) is 0 Å². The molecule has 126 valence electrons. The van der Waals surface area contributed by atoms with Crippen LogP contribution in [0.2, 0.25) is 0 Å². The summed E-state index contributed by atoms with van der Waals surface area (Å²) in [6, 6.07) is 7.78. The van der Waals surface area contributed by atoms with Crippen LogP contribution in [0.15, 0.2) is 40.1 Å². The van der Waals surface area contributed by atoms with Gasteiger partial charge in [-0.1, -0.05) is 12.1 Å². The van der Waals surface area contributed by atoms with Crippen LogP contribution >= 0.6 is 11.3 Å². The molecule has 1 aromatic carbocycles. The summed E-state index contributed by atoms with van der Waals surface area (Å²) in [5.41, 5.74) is 0.564. The zero-order chi connectivity index (χ0) is 17.3. The van der Waals surface area contributed by atoms with Gasteiger partial charge in [0.25, 0.3) is 0 Å². The summed E-state index contributed by atoms with van der Waals surface area (Å²) in [6.07, 6.45) is 0. The van der Waals surface area contributed by atoms with E-state index in [1.807, 2.05) is 6.92 Å². The fourth-order valence-corrected chi connectivity index (χ4v) is 5.44. The number of benzene rings is 1. The van der Waals surface area contributed by atoms with Crippen LogP contribution in [0.3, 0.4) is 0 Å². The molecule has 2 aromatic rings. The maximum absolute atomic E-state index is 12.3. The summed E-state index contributed by atoms with van der Waals surface area (Å²) < 4.78 is 53.0. The summed E-state index contributed by atoms with van der Waals surface area (Å²) in [4.78, 5) is 2.00. The van der Waals surface area contributed by atoms with Crippen LogP contribution in [0.1, 0.15) is 15.3 Å². The van der Waals surface area contributed by atoms with E-state index < -0.39 is 20.0 Å². The van der Waals surface area contributed by atoms with Crippen molar-refractivity contribution in [2.75, 3.05) is 7.05 Å². The van der Waals surface area contributed by atoms with Crippen LogP contribution in [-0.4, -0.2) is 23.9 Å². The van der Waals surface area contributed by atoms with Gasteiger partial charge in [-0.15, -0.1) is 11.3 Å². The first-order valence-corrected chi connectivity index (χ1v) is 10.5. The van der Waals surface area contributed by atoms with Gasteiger partial charge < -0.3 is 0 Å². The predicted molar refractivity (Wildman–Crippen MR) is 90.5 cm³/mol. The van der Waals surface area contributed by atoms with Crippen molar-refractivity contribution in [3.05, 3.63) is 45.6 Å². The third-order valence-electron chi connectivity index (χ3n) is 3.23. The highest BCUT2D eigenvalue weighted by Gasteiger charge is 2.19. The van der Waals surface area contributed by atoms with Gasteiger partial charge in [0.1, 0.15) is 0 Å². The lowest BCUT2D eigenvalue weighted by Crippen LogP contribution is -2.24. The molecule has 2 rings (SSSR count). The average Bonchev–Trinajstić information content (AvgIpc) is 2.85. The van der Waals surface area contributed by atoms with Crippen molar-refractivity contribution in [3.8, 4) is 0 Å². The standard InChI is InChI=1S/C14H18N2O4S3/c1-10-7-14(11(2)21-10)23(19,20)16-9-12-5-4-6-13(8-12)22(17,18)15-3/h4-8,15-16H,9H2,1-3H3. The van der Waals surface area contributed by atoms with Gasteiger partial charge in [-0.05, 0) is 44.7 Å². The van der Waals surface area contributed by atoms with Gasteiger partial charge in [-0.25, -0.2) is 26.3 Å². The van der Waals surface area contributed by atoms with Gasteiger partial charge in [0.15, 0.2) is 0 Å². The number of hydrogen-bond acceptors (Lipinski definition) is 5. The van der Waals surface area contributed by atoms with E-state index in [2.05, 4.69) is 9.44 Å². The smallest absolute Gasteiger partial charge is 0.214 e. The highest BCUT2D eigenvalue weighted by molar-refractivity contribution is 7.90. The van der Waals surface area contributed by atoms with Crippen LogP contribution < -0.4 is 9.44 Å². The monoisotopic (exact) mass is 374 g/mol. The van der Waals surface area contributed by atoms with Crippen LogP contribution in [0.4, 0.5) is 0 Å². The fraction of sp³-hybridized carbons (Fsp3) is 0.286. The lowest BCUT2D eigenvalue weighted by Gasteiger charge is -2.08. The molecule has 6 nitrogen and oxygen atoms in total.